The number of benzene rings is 1. The Hall–Kier alpha value is -1.62. The molecule has 0 spiro atoms. The first-order valence-electron chi connectivity index (χ1n) is 4.90. The Kier molecular flexibility index (Phi) is 1.91. The van der Waals surface area contributed by atoms with Crippen molar-refractivity contribution in [2.45, 2.75) is 18.8 Å². The molecule has 0 aliphatic heterocycles. The fourth-order valence-corrected chi connectivity index (χ4v) is 1.88. The van der Waals surface area contributed by atoms with E-state index in [4.69, 9.17) is 16.0 Å². The summed E-state index contributed by atoms with van der Waals surface area (Å²) in [6, 6.07) is 2.88. The summed E-state index contributed by atoms with van der Waals surface area (Å²) in [5.41, 5.74) is 0.764. The summed E-state index contributed by atoms with van der Waals surface area (Å²) in [6.07, 6.45) is 2.12. The molecule has 0 unspecified atom stereocenters. The van der Waals surface area contributed by atoms with Crippen molar-refractivity contribution < 1.29 is 9.34 Å². The largest absolute Gasteiger partial charge is 0.440 e. The first-order chi connectivity index (χ1) is 7.66. The van der Waals surface area contributed by atoms with Crippen LogP contribution in [0.2, 0.25) is 5.02 Å². The second-order valence-corrected chi connectivity index (χ2v) is 4.21. The van der Waals surface area contributed by atoms with Gasteiger partial charge in [0.1, 0.15) is 10.5 Å². The summed E-state index contributed by atoms with van der Waals surface area (Å²) in [5.74, 6) is 1.000. The molecule has 0 N–H and O–H groups in total. The minimum atomic E-state index is -0.521. The average molecular weight is 239 g/mol. The van der Waals surface area contributed by atoms with Crippen molar-refractivity contribution in [1.82, 2.24) is 4.98 Å². The van der Waals surface area contributed by atoms with Crippen LogP contribution in [0.15, 0.2) is 16.5 Å². The van der Waals surface area contributed by atoms with Crippen molar-refractivity contribution in [2.24, 2.45) is 0 Å². The fourth-order valence-electron chi connectivity index (χ4n) is 1.61. The molecule has 0 atom stereocenters. The highest BCUT2D eigenvalue weighted by Gasteiger charge is 2.30. The Balaban J connectivity index is 2.22. The lowest BCUT2D eigenvalue weighted by Gasteiger charge is -1.93. The van der Waals surface area contributed by atoms with Gasteiger partial charge in [0.25, 0.3) is 5.69 Å². The molecule has 6 heteroatoms. The smallest absolute Gasteiger partial charge is 0.290 e. The zero-order chi connectivity index (χ0) is 11.3. The molecule has 0 saturated heterocycles. The first-order valence-corrected chi connectivity index (χ1v) is 5.28. The van der Waals surface area contributed by atoms with Gasteiger partial charge in [-0.05, 0) is 18.9 Å². The minimum absolute atomic E-state index is 0.0538. The average Bonchev–Trinajstić information content (AvgIpc) is 2.99. The lowest BCUT2D eigenvalue weighted by molar-refractivity contribution is -0.384. The molecule has 1 fully saturated rings. The molecule has 1 aliphatic rings. The van der Waals surface area contributed by atoms with E-state index in [0.717, 1.165) is 12.8 Å². The van der Waals surface area contributed by atoms with Gasteiger partial charge in [0, 0.05) is 12.0 Å². The van der Waals surface area contributed by atoms with Crippen molar-refractivity contribution in [3.63, 3.8) is 0 Å². The van der Waals surface area contributed by atoms with E-state index in [-0.39, 0.29) is 10.7 Å². The predicted octanol–water partition coefficient (Wildman–Crippen LogP) is 3.27. The molecule has 0 amide bonds. The highest BCUT2D eigenvalue weighted by atomic mass is 35.5. The molecule has 5 nitrogen and oxygen atoms in total. The van der Waals surface area contributed by atoms with E-state index >= 15 is 0 Å². The molecule has 2 aromatic rings. The number of fused-ring (bicyclic) bond motifs is 1. The maximum atomic E-state index is 10.7. The van der Waals surface area contributed by atoms with Gasteiger partial charge in [-0.3, -0.25) is 10.1 Å². The van der Waals surface area contributed by atoms with Gasteiger partial charge in [-0.1, -0.05) is 11.6 Å². The predicted molar refractivity (Wildman–Crippen MR) is 57.6 cm³/mol. The van der Waals surface area contributed by atoms with Crippen LogP contribution < -0.4 is 0 Å². The van der Waals surface area contributed by atoms with Crippen LogP contribution >= 0.6 is 11.6 Å². The van der Waals surface area contributed by atoms with E-state index in [2.05, 4.69) is 4.98 Å². The number of nitro benzene ring substituents is 1. The Morgan fingerprint density at radius 3 is 2.88 bits per heavy atom. The highest BCUT2D eigenvalue weighted by molar-refractivity contribution is 6.37. The topological polar surface area (TPSA) is 69.2 Å². The van der Waals surface area contributed by atoms with E-state index in [9.17, 15) is 10.1 Å². The third kappa shape index (κ3) is 1.36. The normalized spacial score (nSPS) is 15.6. The van der Waals surface area contributed by atoms with Gasteiger partial charge in [0.05, 0.1) is 4.92 Å². The molecule has 1 aromatic heterocycles. The SMILES string of the molecule is O=[N+]([O-])c1ccc2oc(C3CC3)nc2c1Cl. The summed E-state index contributed by atoms with van der Waals surface area (Å²) < 4.78 is 5.49. The molecule has 1 saturated carbocycles. The Morgan fingerprint density at radius 1 is 1.50 bits per heavy atom. The minimum Gasteiger partial charge on any atom is -0.440 e. The highest BCUT2D eigenvalue weighted by Crippen LogP contribution is 2.42. The molecular formula is C10H7ClN2O3. The standard InChI is InChI=1S/C10H7ClN2O3/c11-8-6(13(14)15)3-4-7-9(8)12-10(16-7)5-1-2-5/h3-5H,1-2H2. The van der Waals surface area contributed by atoms with Crippen molar-refractivity contribution in [3.8, 4) is 0 Å². The van der Waals surface area contributed by atoms with Gasteiger partial charge in [-0.25, -0.2) is 4.98 Å². The maximum absolute atomic E-state index is 10.7. The van der Waals surface area contributed by atoms with Gasteiger partial charge in [0.15, 0.2) is 11.5 Å². The third-order valence-electron chi connectivity index (χ3n) is 2.62. The fraction of sp³-hybridized carbons (Fsp3) is 0.300. The zero-order valence-corrected chi connectivity index (χ0v) is 8.90. The molecule has 82 valence electrons. The number of halogens is 1. The van der Waals surface area contributed by atoms with Gasteiger partial charge < -0.3 is 4.42 Å². The summed E-state index contributed by atoms with van der Waals surface area (Å²) in [6.45, 7) is 0. The molecule has 0 radical (unpaired) electrons. The monoisotopic (exact) mass is 238 g/mol. The van der Waals surface area contributed by atoms with E-state index in [1.807, 2.05) is 0 Å². The molecule has 16 heavy (non-hydrogen) atoms. The Labute approximate surface area is 95.2 Å². The van der Waals surface area contributed by atoms with Gasteiger partial charge >= 0.3 is 0 Å². The Morgan fingerprint density at radius 2 is 2.25 bits per heavy atom. The number of aromatic nitrogens is 1. The van der Waals surface area contributed by atoms with Crippen LogP contribution in [0.25, 0.3) is 11.1 Å². The number of rotatable bonds is 2. The summed E-state index contributed by atoms with van der Waals surface area (Å²) in [4.78, 5) is 14.4. The summed E-state index contributed by atoms with van der Waals surface area (Å²) in [7, 11) is 0. The quantitative estimate of drug-likeness (QED) is 0.595. The van der Waals surface area contributed by atoms with Crippen molar-refractivity contribution in [2.75, 3.05) is 0 Å². The second-order valence-electron chi connectivity index (χ2n) is 3.83. The molecular weight excluding hydrogens is 232 g/mol. The van der Waals surface area contributed by atoms with Crippen LogP contribution in [-0.2, 0) is 0 Å². The lowest BCUT2D eigenvalue weighted by Crippen LogP contribution is -1.89. The van der Waals surface area contributed by atoms with Crippen LogP contribution in [0.4, 0.5) is 5.69 Å². The molecule has 3 rings (SSSR count). The second kappa shape index (κ2) is 3.18. The summed E-state index contributed by atoms with van der Waals surface area (Å²) in [5, 5.41) is 10.7. The molecule has 0 bridgehead atoms. The van der Waals surface area contributed by atoms with Crippen LogP contribution in [0.3, 0.4) is 0 Å². The van der Waals surface area contributed by atoms with E-state index < -0.39 is 4.92 Å². The van der Waals surface area contributed by atoms with Crippen LogP contribution in [0, 0.1) is 10.1 Å². The van der Waals surface area contributed by atoms with Crippen LogP contribution in [0.5, 0.6) is 0 Å². The van der Waals surface area contributed by atoms with Gasteiger partial charge in [0.2, 0.25) is 0 Å². The van der Waals surface area contributed by atoms with Crippen molar-refractivity contribution in [1.29, 1.82) is 0 Å². The number of nitrogens with zero attached hydrogens (tertiary/aromatic N) is 2. The van der Waals surface area contributed by atoms with Crippen molar-refractivity contribution in [3.05, 3.63) is 33.2 Å². The van der Waals surface area contributed by atoms with E-state index in [0.29, 0.717) is 22.9 Å². The Bertz CT molecular complexity index is 589. The van der Waals surface area contributed by atoms with E-state index in [1.54, 1.807) is 0 Å². The van der Waals surface area contributed by atoms with E-state index in [1.165, 1.54) is 12.1 Å². The zero-order valence-electron chi connectivity index (χ0n) is 8.14. The third-order valence-corrected chi connectivity index (χ3v) is 2.99. The number of oxazole rings is 1. The molecule has 1 aromatic carbocycles. The number of hydrogen-bond donors (Lipinski definition) is 0. The molecule has 1 heterocycles. The van der Waals surface area contributed by atoms with Crippen molar-refractivity contribution >= 4 is 28.4 Å². The van der Waals surface area contributed by atoms with Crippen LogP contribution in [-0.4, -0.2) is 9.91 Å². The van der Waals surface area contributed by atoms with Gasteiger partial charge in [-0.2, -0.15) is 0 Å². The maximum Gasteiger partial charge on any atom is 0.290 e. The summed E-state index contributed by atoms with van der Waals surface area (Å²) >= 11 is 5.91. The number of hydrogen-bond acceptors (Lipinski definition) is 4. The lowest BCUT2D eigenvalue weighted by atomic mass is 10.3. The van der Waals surface area contributed by atoms with Crippen LogP contribution in [0.1, 0.15) is 24.7 Å². The van der Waals surface area contributed by atoms with Gasteiger partial charge in [-0.15, -0.1) is 0 Å². The number of nitro groups is 1. The first kappa shape index (κ1) is 9.59. The molecule has 1 aliphatic carbocycles.